The van der Waals surface area contributed by atoms with Crippen molar-refractivity contribution < 1.29 is 4.79 Å². The molecule has 0 aliphatic heterocycles. The quantitative estimate of drug-likeness (QED) is 0.673. The predicted octanol–water partition coefficient (Wildman–Crippen LogP) is 0.311. The molecule has 2 heterocycles. The van der Waals surface area contributed by atoms with Crippen LogP contribution in [-0.2, 0) is 0 Å². The molecule has 0 aliphatic carbocycles. The number of rotatable bonds is 1. The van der Waals surface area contributed by atoms with Crippen LogP contribution in [0.5, 0.6) is 0 Å². The first-order valence-electron chi connectivity index (χ1n) is 3.99. The van der Waals surface area contributed by atoms with E-state index in [4.69, 9.17) is 11.5 Å². The van der Waals surface area contributed by atoms with Gasteiger partial charge in [-0.15, -0.1) is 0 Å². The maximum absolute atomic E-state index is 10.9. The van der Waals surface area contributed by atoms with Gasteiger partial charge < -0.3 is 11.5 Å². The van der Waals surface area contributed by atoms with Crippen LogP contribution in [0.25, 0.3) is 11.0 Å². The monoisotopic (exact) mass is 188 g/mol. The van der Waals surface area contributed by atoms with E-state index in [2.05, 4.69) is 9.97 Å². The van der Waals surface area contributed by atoms with Gasteiger partial charge in [0.05, 0.1) is 16.6 Å². The number of pyridine rings is 2. The van der Waals surface area contributed by atoms with E-state index < -0.39 is 5.91 Å². The van der Waals surface area contributed by atoms with Crippen LogP contribution in [-0.4, -0.2) is 15.9 Å². The maximum Gasteiger partial charge on any atom is 0.250 e. The number of aromatic nitrogens is 2. The Kier molecular flexibility index (Phi) is 1.78. The second kappa shape index (κ2) is 2.95. The van der Waals surface area contributed by atoms with Gasteiger partial charge in [-0.1, -0.05) is 0 Å². The summed E-state index contributed by atoms with van der Waals surface area (Å²) in [6, 6.07) is 4.96. The Morgan fingerprint density at radius 3 is 2.79 bits per heavy atom. The average Bonchev–Trinajstić information content (AvgIpc) is 2.16. The number of primary amides is 1. The number of nitrogens with two attached hydrogens (primary N) is 2. The van der Waals surface area contributed by atoms with E-state index >= 15 is 0 Å². The van der Waals surface area contributed by atoms with Crippen molar-refractivity contribution in [3.05, 3.63) is 30.0 Å². The van der Waals surface area contributed by atoms with E-state index in [9.17, 15) is 4.79 Å². The van der Waals surface area contributed by atoms with Crippen LogP contribution < -0.4 is 11.5 Å². The number of carbonyl (C=O) groups is 1. The van der Waals surface area contributed by atoms with Crippen molar-refractivity contribution in [1.29, 1.82) is 0 Å². The lowest BCUT2D eigenvalue weighted by Gasteiger charge is -1.99. The van der Waals surface area contributed by atoms with Crippen LogP contribution in [0.2, 0.25) is 0 Å². The summed E-state index contributed by atoms with van der Waals surface area (Å²) < 4.78 is 0. The smallest absolute Gasteiger partial charge is 0.250 e. The molecule has 0 unspecified atom stereocenters. The first-order chi connectivity index (χ1) is 6.66. The fraction of sp³-hybridized carbons (Fsp3) is 0. The van der Waals surface area contributed by atoms with Crippen molar-refractivity contribution in [2.45, 2.75) is 0 Å². The Morgan fingerprint density at radius 1 is 1.29 bits per heavy atom. The van der Waals surface area contributed by atoms with E-state index in [-0.39, 0.29) is 0 Å². The molecule has 4 N–H and O–H groups in total. The van der Waals surface area contributed by atoms with E-state index in [0.29, 0.717) is 22.4 Å². The Morgan fingerprint density at radius 2 is 2.07 bits per heavy atom. The van der Waals surface area contributed by atoms with Crippen LogP contribution in [0.3, 0.4) is 0 Å². The minimum absolute atomic E-state index is 0.329. The fourth-order valence-electron chi connectivity index (χ4n) is 1.16. The van der Waals surface area contributed by atoms with Gasteiger partial charge in [0, 0.05) is 6.20 Å². The molecule has 0 aromatic carbocycles. The van der Waals surface area contributed by atoms with Crippen LogP contribution in [0.4, 0.5) is 5.82 Å². The highest BCUT2D eigenvalue weighted by Crippen LogP contribution is 2.12. The minimum Gasteiger partial charge on any atom is -0.384 e. The van der Waals surface area contributed by atoms with Crippen molar-refractivity contribution in [3.8, 4) is 0 Å². The summed E-state index contributed by atoms with van der Waals surface area (Å²) in [5.41, 5.74) is 12.2. The first kappa shape index (κ1) is 8.43. The number of nitrogens with zero attached hydrogens (tertiary/aromatic N) is 2. The zero-order valence-electron chi connectivity index (χ0n) is 7.27. The number of fused-ring (bicyclic) bond motifs is 1. The third-order valence-electron chi connectivity index (χ3n) is 1.84. The lowest BCUT2D eigenvalue weighted by atomic mass is 10.2. The minimum atomic E-state index is -0.524. The maximum atomic E-state index is 10.9. The molecule has 0 bridgehead atoms. The third-order valence-corrected chi connectivity index (χ3v) is 1.84. The molecule has 14 heavy (non-hydrogen) atoms. The molecule has 2 rings (SSSR count). The number of nitrogen functional groups attached to an aromatic ring is 1. The molecule has 2 aromatic heterocycles. The van der Waals surface area contributed by atoms with Crippen molar-refractivity contribution in [1.82, 2.24) is 9.97 Å². The summed E-state index contributed by atoms with van der Waals surface area (Å²) in [7, 11) is 0. The molecule has 0 aliphatic rings. The predicted molar refractivity (Wildman–Crippen MR) is 52.5 cm³/mol. The van der Waals surface area contributed by atoms with Gasteiger partial charge in [-0.25, -0.2) is 4.98 Å². The summed E-state index contributed by atoms with van der Waals surface area (Å²) in [6.07, 6.45) is 1.42. The molecule has 0 saturated carbocycles. The molecule has 0 saturated heterocycles. The van der Waals surface area contributed by atoms with Crippen LogP contribution in [0, 0.1) is 0 Å². The van der Waals surface area contributed by atoms with E-state index in [1.165, 1.54) is 6.20 Å². The molecule has 5 nitrogen and oxygen atoms in total. The van der Waals surface area contributed by atoms with Crippen molar-refractivity contribution in [2.24, 2.45) is 5.73 Å². The Balaban J connectivity index is 2.69. The Hall–Kier alpha value is -2.17. The summed E-state index contributed by atoms with van der Waals surface area (Å²) in [6.45, 7) is 0. The molecule has 0 atom stereocenters. The van der Waals surface area contributed by atoms with Gasteiger partial charge in [-0.3, -0.25) is 9.78 Å². The highest BCUT2D eigenvalue weighted by atomic mass is 16.1. The standard InChI is InChI=1S/C9H8N4O/c10-8-2-1-6-7(13-8)3-5(4-12-6)9(11)14/h1-4H,(H2,10,13)(H2,11,14). The lowest BCUT2D eigenvalue weighted by Crippen LogP contribution is -2.11. The summed E-state index contributed by atoms with van der Waals surface area (Å²) in [5, 5.41) is 0. The van der Waals surface area contributed by atoms with Gasteiger partial charge in [0.2, 0.25) is 5.91 Å². The number of amides is 1. The Labute approximate surface area is 79.8 Å². The highest BCUT2D eigenvalue weighted by molar-refractivity contribution is 5.95. The van der Waals surface area contributed by atoms with E-state index in [1.807, 2.05) is 0 Å². The first-order valence-corrected chi connectivity index (χ1v) is 3.99. The molecule has 0 radical (unpaired) electrons. The molecule has 70 valence electrons. The molecular weight excluding hydrogens is 180 g/mol. The van der Waals surface area contributed by atoms with E-state index in [1.54, 1.807) is 18.2 Å². The molecule has 0 fully saturated rings. The van der Waals surface area contributed by atoms with E-state index in [0.717, 1.165) is 0 Å². The van der Waals surface area contributed by atoms with Crippen LogP contribution in [0.1, 0.15) is 10.4 Å². The number of carbonyl (C=O) groups excluding carboxylic acids is 1. The van der Waals surface area contributed by atoms with Gasteiger partial charge in [-0.05, 0) is 18.2 Å². The topological polar surface area (TPSA) is 94.9 Å². The van der Waals surface area contributed by atoms with Gasteiger partial charge in [0.25, 0.3) is 0 Å². The second-order valence-electron chi connectivity index (χ2n) is 2.86. The van der Waals surface area contributed by atoms with Gasteiger partial charge in [-0.2, -0.15) is 0 Å². The Bertz CT molecular complexity index is 509. The molecular formula is C9H8N4O. The number of hydrogen-bond acceptors (Lipinski definition) is 4. The average molecular weight is 188 g/mol. The molecule has 5 heteroatoms. The van der Waals surface area contributed by atoms with Gasteiger partial charge in [0.15, 0.2) is 0 Å². The number of hydrogen-bond donors (Lipinski definition) is 2. The molecule has 0 spiro atoms. The van der Waals surface area contributed by atoms with Crippen molar-refractivity contribution >= 4 is 22.8 Å². The van der Waals surface area contributed by atoms with Crippen LogP contribution >= 0.6 is 0 Å². The zero-order valence-corrected chi connectivity index (χ0v) is 7.27. The lowest BCUT2D eigenvalue weighted by molar-refractivity contribution is 0.1000. The largest absolute Gasteiger partial charge is 0.384 e. The second-order valence-corrected chi connectivity index (χ2v) is 2.86. The summed E-state index contributed by atoms with van der Waals surface area (Å²) >= 11 is 0. The fourth-order valence-corrected chi connectivity index (χ4v) is 1.16. The number of anilines is 1. The zero-order chi connectivity index (χ0) is 10.1. The third kappa shape index (κ3) is 1.35. The normalized spacial score (nSPS) is 10.3. The summed E-state index contributed by atoms with van der Waals surface area (Å²) in [4.78, 5) is 18.9. The van der Waals surface area contributed by atoms with Crippen molar-refractivity contribution in [3.63, 3.8) is 0 Å². The highest BCUT2D eigenvalue weighted by Gasteiger charge is 2.03. The molecule has 1 amide bonds. The SMILES string of the molecule is NC(=O)c1cnc2ccc(N)nc2c1. The van der Waals surface area contributed by atoms with Gasteiger partial charge in [0.1, 0.15) is 5.82 Å². The van der Waals surface area contributed by atoms with Crippen molar-refractivity contribution in [2.75, 3.05) is 5.73 Å². The van der Waals surface area contributed by atoms with Crippen LogP contribution in [0.15, 0.2) is 24.4 Å². The van der Waals surface area contributed by atoms with Gasteiger partial charge >= 0.3 is 0 Å². The molecule has 2 aromatic rings. The summed E-state index contributed by atoms with van der Waals surface area (Å²) in [5.74, 6) is -0.135.